The van der Waals surface area contributed by atoms with E-state index in [9.17, 15) is 9.18 Å². The zero-order valence-corrected chi connectivity index (χ0v) is 11.4. The number of carbonyl (C=O) groups is 1. The molecule has 0 saturated carbocycles. The van der Waals surface area contributed by atoms with E-state index < -0.39 is 0 Å². The monoisotopic (exact) mass is 277 g/mol. The van der Waals surface area contributed by atoms with E-state index in [1.54, 1.807) is 18.2 Å². The summed E-state index contributed by atoms with van der Waals surface area (Å²) in [6.07, 6.45) is 0.418. The molecule has 0 aromatic heterocycles. The fourth-order valence-corrected chi connectivity index (χ4v) is 3.17. The number of para-hydroxylation sites is 1. The molecule has 1 amide bonds. The fraction of sp³-hybridized carbons (Fsp3) is 0.533. The highest BCUT2D eigenvalue weighted by Gasteiger charge is 2.35. The van der Waals surface area contributed by atoms with Gasteiger partial charge in [0.05, 0.1) is 5.69 Å². The van der Waals surface area contributed by atoms with Crippen LogP contribution in [0.15, 0.2) is 24.3 Å². The zero-order chi connectivity index (χ0) is 13.9. The molecule has 5 heteroatoms. The van der Waals surface area contributed by atoms with Crippen LogP contribution in [0.4, 0.5) is 10.1 Å². The Hall–Kier alpha value is -1.46. The maximum atomic E-state index is 13.4. The summed E-state index contributed by atoms with van der Waals surface area (Å²) in [6.45, 7) is 5.10. The third kappa shape index (κ3) is 2.99. The Kier molecular flexibility index (Phi) is 3.98. The van der Waals surface area contributed by atoms with Crippen LogP contribution in [-0.2, 0) is 4.79 Å². The fourth-order valence-electron chi connectivity index (χ4n) is 3.17. The summed E-state index contributed by atoms with van der Waals surface area (Å²) < 4.78 is 13.4. The van der Waals surface area contributed by atoms with Crippen LogP contribution >= 0.6 is 0 Å². The van der Waals surface area contributed by atoms with Crippen molar-refractivity contribution in [3.63, 3.8) is 0 Å². The number of nitrogens with zero attached hydrogens (tertiary/aromatic N) is 1. The van der Waals surface area contributed by atoms with Crippen LogP contribution in [0.5, 0.6) is 0 Å². The van der Waals surface area contributed by atoms with Crippen molar-refractivity contribution in [3.8, 4) is 0 Å². The first kappa shape index (κ1) is 13.5. The van der Waals surface area contributed by atoms with Crippen molar-refractivity contribution in [1.82, 2.24) is 10.2 Å². The molecule has 0 aliphatic carbocycles. The summed E-state index contributed by atoms with van der Waals surface area (Å²) in [6, 6.07) is 6.26. The third-order valence-corrected chi connectivity index (χ3v) is 4.27. The van der Waals surface area contributed by atoms with Crippen molar-refractivity contribution >= 4 is 11.6 Å². The number of hydrogen-bond acceptors (Lipinski definition) is 3. The summed E-state index contributed by atoms with van der Waals surface area (Å²) in [5.74, 6) is 0.974. The SMILES string of the molecule is O=C(CCN1CC2CNCC2C1)Nc1ccccc1F. The first-order valence-corrected chi connectivity index (χ1v) is 7.20. The first-order valence-electron chi connectivity index (χ1n) is 7.20. The van der Waals surface area contributed by atoms with E-state index in [1.165, 1.54) is 6.07 Å². The Morgan fingerprint density at radius 2 is 2.00 bits per heavy atom. The minimum absolute atomic E-state index is 0.120. The van der Waals surface area contributed by atoms with Crippen LogP contribution in [0.25, 0.3) is 0 Å². The molecule has 2 fully saturated rings. The molecule has 2 heterocycles. The molecule has 0 radical (unpaired) electrons. The number of hydrogen-bond donors (Lipinski definition) is 2. The van der Waals surface area contributed by atoms with Crippen LogP contribution in [0, 0.1) is 17.7 Å². The molecule has 20 heavy (non-hydrogen) atoms. The van der Waals surface area contributed by atoms with Crippen molar-refractivity contribution in [1.29, 1.82) is 0 Å². The molecule has 0 spiro atoms. The molecule has 1 aromatic carbocycles. The molecule has 3 rings (SSSR count). The zero-order valence-electron chi connectivity index (χ0n) is 11.4. The predicted molar refractivity (Wildman–Crippen MR) is 75.9 cm³/mol. The smallest absolute Gasteiger partial charge is 0.225 e. The van der Waals surface area contributed by atoms with E-state index in [4.69, 9.17) is 0 Å². The summed E-state index contributed by atoms with van der Waals surface area (Å²) in [5.41, 5.74) is 0.264. The summed E-state index contributed by atoms with van der Waals surface area (Å²) in [5, 5.41) is 6.03. The quantitative estimate of drug-likeness (QED) is 0.872. The van der Waals surface area contributed by atoms with Gasteiger partial charge in [0.25, 0.3) is 0 Å². The molecule has 2 aliphatic rings. The van der Waals surface area contributed by atoms with E-state index >= 15 is 0 Å². The van der Waals surface area contributed by atoms with Gasteiger partial charge in [-0.1, -0.05) is 12.1 Å². The molecule has 2 saturated heterocycles. The number of benzene rings is 1. The average molecular weight is 277 g/mol. The van der Waals surface area contributed by atoms with Gasteiger partial charge in [0.1, 0.15) is 5.82 Å². The molecule has 0 bridgehead atoms. The number of rotatable bonds is 4. The van der Waals surface area contributed by atoms with Gasteiger partial charge in [0.15, 0.2) is 0 Å². The summed E-state index contributed by atoms with van der Waals surface area (Å²) in [4.78, 5) is 14.2. The first-order chi connectivity index (χ1) is 9.72. The minimum atomic E-state index is -0.386. The van der Waals surface area contributed by atoms with E-state index in [1.807, 2.05) is 0 Å². The van der Waals surface area contributed by atoms with E-state index in [0.717, 1.165) is 44.6 Å². The molecule has 108 valence electrons. The van der Waals surface area contributed by atoms with E-state index in [-0.39, 0.29) is 17.4 Å². The normalized spacial score (nSPS) is 25.6. The molecule has 2 atom stereocenters. The van der Waals surface area contributed by atoms with Gasteiger partial charge in [-0.25, -0.2) is 4.39 Å². The van der Waals surface area contributed by atoms with E-state index in [2.05, 4.69) is 15.5 Å². The van der Waals surface area contributed by atoms with Crippen LogP contribution in [0.3, 0.4) is 0 Å². The van der Waals surface area contributed by atoms with Crippen molar-refractivity contribution in [2.24, 2.45) is 11.8 Å². The van der Waals surface area contributed by atoms with Gasteiger partial charge in [-0.15, -0.1) is 0 Å². The van der Waals surface area contributed by atoms with Crippen LogP contribution in [0.1, 0.15) is 6.42 Å². The second-order valence-electron chi connectivity index (χ2n) is 5.72. The molecule has 2 N–H and O–H groups in total. The van der Waals surface area contributed by atoms with Crippen LogP contribution < -0.4 is 10.6 Å². The van der Waals surface area contributed by atoms with Crippen molar-refractivity contribution in [2.75, 3.05) is 38.0 Å². The lowest BCUT2D eigenvalue weighted by atomic mass is 10.0. The number of nitrogens with one attached hydrogen (secondary N) is 2. The lowest BCUT2D eigenvalue weighted by Crippen LogP contribution is -2.29. The standard InChI is InChI=1S/C15H20FN3O/c16-13-3-1-2-4-14(13)18-15(20)5-6-19-9-11-7-17-8-12(11)10-19/h1-4,11-12,17H,5-10H2,(H,18,20). The Bertz CT molecular complexity index is 482. The lowest BCUT2D eigenvalue weighted by Gasteiger charge is -2.16. The molecular weight excluding hydrogens is 257 g/mol. The second kappa shape index (κ2) is 5.89. The van der Waals surface area contributed by atoms with Crippen LogP contribution in [-0.4, -0.2) is 43.5 Å². The highest BCUT2D eigenvalue weighted by Crippen LogP contribution is 2.26. The molecule has 2 unspecified atom stereocenters. The van der Waals surface area contributed by atoms with Crippen molar-refractivity contribution in [2.45, 2.75) is 6.42 Å². The van der Waals surface area contributed by atoms with Crippen molar-refractivity contribution in [3.05, 3.63) is 30.1 Å². The number of amides is 1. The molecule has 2 aliphatic heterocycles. The summed E-state index contributed by atoms with van der Waals surface area (Å²) in [7, 11) is 0. The third-order valence-electron chi connectivity index (χ3n) is 4.27. The van der Waals surface area contributed by atoms with Gasteiger partial charge in [0, 0.05) is 26.1 Å². The Morgan fingerprint density at radius 3 is 2.70 bits per heavy atom. The second-order valence-corrected chi connectivity index (χ2v) is 5.72. The van der Waals surface area contributed by atoms with Crippen molar-refractivity contribution < 1.29 is 9.18 Å². The number of likely N-dealkylation sites (tertiary alicyclic amines) is 1. The maximum absolute atomic E-state index is 13.4. The van der Waals surface area contributed by atoms with Crippen LogP contribution in [0.2, 0.25) is 0 Å². The van der Waals surface area contributed by atoms with Gasteiger partial charge in [-0.2, -0.15) is 0 Å². The number of carbonyl (C=O) groups excluding carboxylic acids is 1. The lowest BCUT2D eigenvalue weighted by molar-refractivity contribution is -0.116. The van der Waals surface area contributed by atoms with Gasteiger partial charge < -0.3 is 15.5 Å². The van der Waals surface area contributed by atoms with Gasteiger partial charge in [-0.3, -0.25) is 4.79 Å². The van der Waals surface area contributed by atoms with Gasteiger partial charge in [-0.05, 0) is 37.1 Å². The highest BCUT2D eigenvalue weighted by molar-refractivity contribution is 5.90. The molecular formula is C15H20FN3O. The van der Waals surface area contributed by atoms with Gasteiger partial charge in [0.2, 0.25) is 5.91 Å². The summed E-state index contributed by atoms with van der Waals surface area (Å²) >= 11 is 0. The number of anilines is 1. The topological polar surface area (TPSA) is 44.4 Å². The predicted octanol–water partition coefficient (Wildman–Crippen LogP) is 1.31. The van der Waals surface area contributed by atoms with E-state index in [0.29, 0.717) is 6.42 Å². The van der Waals surface area contributed by atoms with Gasteiger partial charge >= 0.3 is 0 Å². The number of fused-ring (bicyclic) bond motifs is 1. The highest BCUT2D eigenvalue weighted by atomic mass is 19.1. The Balaban J connectivity index is 1.45. The minimum Gasteiger partial charge on any atom is -0.324 e. The Labute approximate surface area is 118 Å². The molecule has 4 nitrogen and oxygen atoms in total. The molecule has 1 aromatic rings. The number of halogens is 1. The maximum Gasteiger partial charge on any atom is 0.225 e. The average Bonchev–Trinajstić information content (AvgIpc) is 3.00. The Morgan fingerprint density at radius 1 is 1.30 bits per heavy atom. The largest absolute Gasteiger partial charge is 0.324 e.